The number of thiazole rings is 1. The predicted octanol–water partition coefficient (Wildman–Crippen LogP) is 7.27. The number of carbonyl (C=O) groups excluding carboxylic acids is 3. The van der Waals surface area contributed by atoms with E-state index in [0.717, 1.165) is 28.7 Å². The predicted molar refractivity (Wildman–Crippen MR) is 169 cm³/mol. The topological polar surface area (TPSA) is 88.5 Å². The molecule has 2 aliphatic heterocycles. The molecule has 3 aromatic carbocycles. The van der Waals surface area contributed by atoms with Crippen LogP contribution in [0.5, 0.6) is 0 Å². The van der Waals surface area contributed by atoms with E-state index in [0.29, 0.717) is 31.9 Å². The summed E-state index contributed by atoms with van der Waals surface area (Å²) < 4.78 is 1.32. The van der Waals surface area contributed by atoms with E-state index in [2.05, 4.69) is 5.32 Å². The Kier molecular flexibility index (Phi) is 7.93. The Morgan fingerprint density at radius 3 is 2.36 bits per heavy atom. The molecular formula is C29H19Cl4N3O4S2. The third kappa shape index (κ3) is 5.06. The van der Waals surface area contributed by atoms with E-state index in [4.69, 9.17) is 46.4 Å². The largest absolute Gasteiger partial charge is 0.324 e. The first kappa shape index (κ1) is 29.3. The fraction of sp³-hybridized carbons (Fsp3) is 0.172. The van der Waals surface area contributed by atoms with Crippen LogP contribution in [0.2, 0.25) is 20.1 Å². The van der Waals surface area contributed by atoms with Gasteiger partial charge in [0.05, 0.1) is 36.7 Å². The van der Waals surface area contributed by atoms with Crippen molar-refractivity contribution in [2.75, 3.05) is 10.2 Å². The summed E-state index contributed by atoms with van der Waals surface area (Å²) in [6, 6.07) is 16.9. The maximum absolute atomic E-state index is 14.0. The highest BCUT2D eigenvalue weighted by Crippen LogP contribution is 2.55. The molecule has 1 aromatic heterocycles. The molecule has 2 unspecified atom stereocenters. The van der Waals surface area contributed by atoms with E-state index in [1.54, 1.807) is 42.5 Å². The Morgan fingerprint density at radius 1 is 0.905 bits per heavy atom. The molecule has 214 valence electrons. The van der Waals surface area contributed by atoms with E-state index in [1.165, 1.54) is 15.5 Å². The average molecular weight is 679 g/mol. The van der Waals surface area contributed by atoms with Crippen molar-refractivity contribution in [2.24, 2.45) is 5.92 Å². The number of imide groups is 1. The van der Waals surface area contributed by atoms with Crippen LogP contribution in [0.3, 0.4) is 0 Å². The second-order valence-electron chi connectivity index (χ2n) is 9.83. The van der Waals surface area contributed by atoms with Crippen LogP contribution < -0.4 is 15.1 Å². The lowest BCUT2D eigenvalue weighted by atomic mass is 9.83. The molecule has 3 amide bonds. The monoisotopic (exact) mass is 677 g/mol. The van der Waals surface area contributed by atoms with E-state index >= 15 is 0 Å². The number of aromatic nitrogens is 1. The molecule has 2 aliphatic rings. The van der Waals surface area contributed by atoms with Crippen molar-refractivity contribution < 1.29 is 14.4 Å². The molecule has 0 saturated carbocycles. The number of hydrogen-bond donors (Lipinski definition) is 1. The van der Waals surface area contributed by atoms with Gasteiger partial charge in [0.25, 0.3) is 0 Å². The molecule has 6 rings (SSSR count). The molecule has 1 fully saturated rings. The molecule has 7 nitrogen and oxygen atoms in total. The highest BCUT2D eigenvalue weighted by molar-refractivity contribution is 8.00. The number of nitrogens with zero attached hydrogens (tertiary/aromatic N) is 2. The fourth-order valence-electron chi connectivity index (χ4n) is 5.22. The maximum atomic E-state index is 14.0. The Bertz CT molecular complexity index is 1840. The normalized spacial score (nSPS) is 19.5. The number of benzene rings is 3. The number of amides is 3. The minimum atomic E-state index is -0.857. The Labute approximate surface area is 268 Å². The fourth-order valence-corrected chi connectivity index (χ4v) is 8.70. The minimum Gasteiger partial charge on any atom is -0.324 e. The van der Waals surface area contributed by atoms with Crippen LogP contribution in [0.25, 0.3) is 0 Å². The molecule has 3 heterocycles. The van der Waals surface area contributed by atoms with Crippen molar-refractivity contribution in [3.8, 4) is 0 Å². The second kappa shape index (κ2) is 11.4. The highest BCUT2D eigenvalue weighted by Gasteiger charge is 2.57. The molecule has 42 heavy (non-hydrogen) atoms. The summed E-state index contributed by atoms with van der Waals surface area (Å²) in [5.74, 6) is -2.85. The minimum absolute atomic E-state index is 0.236. The van der Waals surface area contributed by atoms with Gasteiger partial charge in [0.15, 0.2) is 0 Å². The van der Waals surface area contributed by atoms with E-state index in [1.807, 2.05) is 19.1 Å². The zero-order valence-electron chi connectivity index (χ0n) is 21.6. The van der Waals surface area contributed by atoms with Crippen LogP contribution in [-0.4, -0.2) is 27.5 Å². The first-order valence-electron chi connectivity index (χ1n) is 12.6. The first-order valence-corrected chi connectivity index (χ1v) is 15.8. The van der Waals surface area contributed by atoms with Gasteiger partial charge in [0, 0.05) is 16.5 Å². The van der Waals surface area contributed by atoms with Gasteiger partial charge in [-0.15, -0.1) is 0 Å². The van der Waals surface area contributed by atoms with Gasteiger partial charge in [0.1, 0.15) is 11.8 Å². The van der Waals surface area contributed by atoms with Gasteiger partial charge in [-0.3, -0.25) is 23.7 Å². The standard InChI is InChI=1S/C29H19Cl4N3O4S2/c1-13-5-8-15(9-6-13)36-26(38)22-21(16-3-2-4-18(31)23(16)33)25-28(41-24(22)27(36)39)35(29(40)42-25)12-20(37)34-14-7-10-17(30)19(32)11-14/h2-11,21-22,24H,12H2,1H3,(H,34,37)/t21-,22?,24?/m1/s1. The number of hydrogen-bond acceptors (Lipinski definition) is 6. The van der Waals surface area contributed by atoms with Gasteiger partial charge < -0.3 is 5.32 Å². The van der Waals surface area contributed by atoms with Crippen molar-refractivity contribution in [3.05, 3.63) is 106 Å². The van der Waals surface area contributed by atoms with Crippen LogP contribution in [0.1, 0.15) is 21.9 Å². The molecule has 0 spiro atoms. The summed E-state index contributed by atoms with van der Waals surface area (Å²) >= 11 is 27.1. The molecule has 1 saturated heterocycles. The number of rotatable bonds is 5. The van der Waals surface area contributed by atoms with Crippen LogP contribution in [0, 0.1) is 12.8 Å². The smallest absolute Gasteiger partial charge is 0.308 e. The number of nitrogens with one attached hydrogen (secondary N) is 1. The lowest BCUT2D eigenvalue weighted by Crippen LogP contribution is -2.33. The second-order valence-corrected chi connectivity index (χ2v) is 13.6. The lowest BCUT2D eigenvalue weighted by Gasteiger charge is -2.31. The van der Waals surface area contributed by atoms with E-state index in [9.17, 15) is 19.2 Å². The van der Waals surface area contributed by atoms with Gasteiger partial charge in [0.2, 0.25) is 17.7 Å². The van der Waals surface area contributed by atoms with Crippen LogP contribution in [0.15, 0.2) is 70.5 Å². The zero-order chi connectivity index (χ0) is 29.9. The molecule has 13 heteroatoms. The molecule has 0 aliphatic carbocycles. The lowest BCUT2D eigenvalue weighted by molar-refractivity contribution is -0.122. The summed E-state index contributed by atoms with van der Waals surface area (Å²) in [5.41, 5.74) is 2.39. The molecule has 0 radical (unpaired) electrons. The van der Waals surface area contributed by atoms with Gasteiger partial charge in [-0.1, -0.05) is 99.3 Å². The first-order chi connectivity index (χ1) is 20.0. The molecular weight excluding hydrogens is 660 g/mol. The molecule has 0 bridgehead atoms. The number of aryl methyl sites for hydroxylation is 1. The molecule has 1 N–H and O–H groups in total. The van der Waals surface area contributed by atoms with E-state index < -0.39 is 39.7 Å². The van der Waals surface area contributed by atoms with Crippen LogP contribution in [-0.2, 0) is 20.9 Å². The average Bonchev–Trinajstić information content (AvgIpc) is 3.39. The number of fused-ring (bicyclic) bond motifs is 2. The Hall–Kier alpha value is -2.79. The number of carbonyl (C=O) groups is 3. The quantitative estimate of drug-likeness (QED) is 0.225. The molecule has 4 aromatic rings. The van der Waals surface area contributed by atoms with Crippen LogP contribution in [0.4, 0.5) is 11.4 Å². The van der Waals surface area contributed by atoms with E-state index in [-0.39, 0.29) is 21.6 Å². The van der Waals surface area contributed by atoms with Gasteiger partial charge in [-0.25, -0.2) is 4.90 Å². The summed E-state index contributed by atoms with van der Waals surface area (Å²) in [7, 11) is 0. The number of halogens is 4. The highest BCUT2D eigenvalue weighted by atomic mass is 35.5. The maximum Gasteiger partial charge on any atom is 0.308 e. The van der Waals surface area contributed by atoms with Crippen molar-refractivity contribution in [1.29, 1.82) is 0 Å². The Morgan fingerprint density at radius 2 is 1.64 bits per heavy atom. The van der Waals surface area contributed by atoms with Crippen molar-refractivity contribution >= 4 is 98.6 Å². The van der Waals surface area contributed by atoms with Gasteiger partial charge in [-0.05, 0) is 48.9 Å². The third-order valence-electron chi connectivity index (χ3n) is 7.16. The van der Waals surface area contributed by atoms with Crippen molar-refractivity contribution in [2.45, 2.75) is 29.7 Å². The van der Waals surface area contributed by atoms with Crippen molar-refractivity contribution in [1.82, 2.24) is 4.57 Å². The summed E-state index contributed by atoms with van der Waals surface area (Å²) in [5, 5.41) is 3.42. The van der Waals surface area contributed by atoms with Gasteiger partial charge >= 0.3 is 4.87 Å². The Balaban J connectivity index is 1.43. The zero-order valence-corrected chi connectivity index (χ0v) is 26.2. The van der Waals surface area contributed by atoms with Gasteiger partial charge in [-0.2, -0.15) is 0 Å². The SMILES string of the molecule is Cc1ccc(N2C(=O)C3Sc4c(sc(=O)n4CC(=O)Nc4ccc(Cl)c(Cl)c4)[C@H](c4cccc(Cl)c4Cl)C3C2=O)cc1. The third-order valence-corrected chi connectivity index (χ3v) is 11.3. The van der Waals surface area contributed by atoms with Crippen LogP contribution >= 0.6 is 69.5 Å². The molecule has 3 atom stereocenters. The summed E-state index contributed by atoms with van der Waals surface area (Å²) in [6.45, 7) is 1.59. The summed E-state index contributed by atoms with van der Waals surface area (Å²) in [6.07, 6.45) is 0. The number of thioether (sulfide) groups is 1. The summed E-state index contributed by atoms with van der Waals surface area (Å²) in [4.78, 5) is 55.6. The number of anilines is 2. The van der Waals surface area contributed by atoms with Crippen molar-refractivity contribution in [3.63, 3.8) is 0 Å².